The number of unbranched alkanes of at least 4 members (excludes halogenated alkanes) is 1. The molecule has 17 heavy (non-hydrogen) atoms. The van der Waals surface area contributed by atoms with Gasteiger partial charge in [0, 0.05) is 6.42 Å². The minimum Gasteiger partial charge on any atom is -0.308 e. The van der Waals surface area contributed by atoms with E-state index in [-0.39, 0.29) is 11.6 Å². The highest BCUT2D eigenvalue weighted by Gasteiger charge is 2.26. The maximum atomic E-state index is 11.4. The number of rotatable bonds is 9. The third kappa shape index (κ3) is 7.05. The zero-order valence-electron chi connectivity index (χ0n) is 11.5. The third-order valence-electron chi connectivity index (χ3n) is 3.21. The normalized spacial score (nSPS) is 14.8. The lowest BCUT2D eigenvalue weighted by Crippen LogP contribution is -2.46. The van der Waals surface area contributed by atoms with Crippen molar-refractivity contribution in [3.8, 4) is 0 Å². The van der Waals surface area contributed by atoms with Gasteiger partial charge in [0.15, 0.2) is 0 Å². The number of allylic oxidation sites excluding steroid dienone is 2. The van der Waals surface area contributed by atoms with Crippen LogP contribution in [0, 0.1) is 0 Å². The summed E-state index contributed by atoms with van der Waals surface area (Å²) in [7, 11) is 1.82. The zero-order valence-corrected chi connectivity index (χ0v) is 11.5. The van der Waals surface area contributed by atoms with Gasteiger partial charge in [-0.15, -0.1) is 0 Å². The van der Waals surface area contributed by atoms with Crippen molar-refractivity contribution in [2.24, 2.45) is 0 Å². The number of hydrogen-bond donors (Lipinski definition) is 1. The second kappa shape index (κ2) is 8.18. The van der Waals surface area contributed by atoms with Crippen molar-refractivity contribution in [1.82, 2.24) is 5.32 Å². The summed E-state index contributed by atoms with van der Waals surface area (Å²) in [5.41, 5.74) is -0.396. The molecule has 3 heteroatoms. The summed E-state index contributed by atoms with van der Waals surface area (Å²) in [4.78, 5) is 22.1. The molecular weight excluding hydrogens is 214 g/mol. The topological polar surface area (TPSA) is 46.2 Å². The molecule has 0 spiro atoms. The Balaban J connectivity index is 3.76. The average molecular weight is 239 g/mol. The van der Waals surface area contributed by atoms with E-state index in [9.17, 15) is 9.59 Å². The van der Waals surface area contributed by atoms with Gasteiger partial charge in [0.1, 0.15) is 11.6 Å². The summed E-state index contributed by atoms with van der Waals surface area (Å²) in [5, 5.41) is 3.08. The molecule has 0 fully saturated rings. The molecule has 0 bridgehead atoms. The van der Waals surface area contributed by atoms with Crippen LogP contribution in [-0.2, 0) is 9.59 Å². The highest BCUT2D eigenvalue weighted by molar-refractivity contribution is 5.85. The van der Waals surface area contributed by atoms with E-state index in [4.69, 9.17) is 0 Å². The Morgan fingerprint density at radius 1 is 1.18 bits per heavy atom. The summed E-state index contributed by atoms with van der Waals surface area (Å²) < 4.78 is 0. The second-order valence-corrected chi connectivity index (χ2v) is 4.74. The predicted molar refractivity (Wildman–Crippen MR) is 71.1 cm³/mol. The van der Waals surface area contributed by atoms with E-state index in [1.165, 1.54) is 0 Å². The monoisotopic (exact) mass is 239 g/mol. The Morgan fingerprint density at radius 2 is 1.76 bits per heavy atom. The highest BCUT2D eigenvalue weighted by atomic mass is 16.1. The number of carbonyl (C=O) groups is 2. The van der Waals surface area contributed by atoms with Crippen molar-refractivity contribution in [1.29, 1.82) is 0 Å². The Hall–Kier alpha value is -0.960. The Kier molecular flexibility index (Phi) is 7.72. The lowest BCUT2D eigenvalue weighted by atomic mass is 9.91. The fourth-order valence-corrected chi connectivity index (χ4v) is 1.57. The minimum absolute atomic E-state index is 0.181. The van der Waals surface area contributed by atoms with E-state index < -0.39 is 5.54 Å². The van der Waals surface area contributed by atoms with Gasteiger partial charge in [0.25, 0.3) is 0 Å². The van der Waals surface area contributed by atoms with Gasteiger partial charge < -0.3 is 10.1 Å². The van der Waals surface area contributed by atoms with Crippen molar-refractivity contribution < 1.29 is 9.59 Å². The molecule has 0 aliphatic heterocycles. The lowest BCUT2D eigenvalue weighted by molar-refractivity contribution is -0.122. The fraction of sp³-hybridized carbons (Fsp3) is 0.714. The molecule has 0 aliphatic rings. The zero-order chi connectivity index (χ0) is 13.3. The van der Waals surface area contributed by atoms with Gasteiger partial charge in [-0.25, -0.2) is 0 Å². The lowest BCUT2D eigenvalue weighted by Gasteiger charge is -2.25. The molecular formula is C14H25NO2. The fourth-order valence-electron chi connectivity index (χ4n) is 1.57. The largest absolute Gasteiger partial charge is 0.308 e. The molecule has 0 saturated heterocycles. The number of Topliss-reactive ketones (excluding diaryl/α,β-unsaturated/α-hetero) is 2. The van der Waals surface area contributed by atoms with E-state index >= 15 is 0 Å². The van der Waals surface area contributed by atoms with E-state index in [1.54, 1.807) is 13.8 Å². The summed E-state index contributed by atoms with van der Waals surface area (Å²) in [6.07, 6.45) is 8.38. The molecule has 0 radical (unpaired) electrons. The third-order valence-corrected chi connectivity index (χ3v) is 3.21. The molecule has 98 valence electrons. The molecule has 0 aromatic heterocycles. The van der Waals surface area contributed by atoms with Gasteiger partial charge in [-0.2, -0.15) is 0 Å². The molecule has 1 atom stereocenters. The Morgan fingerprint density at radius 3 is 2.24 bits per heavy atom. The quantitative estimate of drug-likeness (QED) is 0.497. The molecule has 0 aliphatic carbocycles. The van der Waals surface area contributed by atoms with E-state index in [0.717, 1.165) is 25.7 Å². The summed E-state index contributed by atoms with van der Waals surface area (Å²) in [6.45, 7) is 5.17. The van der Waals surface area contributed by atoms with Crippen LogP contribution in [0.4, 0.5) is 0 Å². The highest BCUT2D eigenvalue weighted by Crippen LogP contribution is 2.14. The van der Waals surface area contributed by atoms with Gasteiger partial charge >= 0.3 is 0 Å². The van der Waals surface area contributed by atoms with Crippen LogP contribution < -0.4 is 5.32 Å². The number of carbonyl (C=O) groups excluding carboxylic acids is 2. The standard InChI is InChI=1S/C14H25NO2/c1-12(16)10-8-6-5-7-9-11-14(3,15-4)13(2)17/h5-6,15H,7-11H2,1-4H3/t14-/m1/s1. The number of nitrogens with one attached hydrogen (secondary N) is 1. The molecule has 0 rings (SSSR count). The maximum absolute atomic E-state index is 11.4. The van der Waals surface area contributed by atoms with Crippen LogP contribution in [-0.4, -0.2) is 24.2 Å². The maximum Gasteiger partial charge on any atom is 0.149 e. The van der Waals surface area contributed by atoms with Gasteiger partial charge in [0.05, 0.1) is 5.54 Å². The van der Waals surface area contributed by atoms with Crippen LogP contribution in [0.5, 0.6) is 0 Å². The van der Waals surface area contributed by atoms with Gasteiger partial charge in [-0.05, 0) is 53.5 Å². The molecule has 0 amide bonds. The van der Waals surface area contributed by atoms with E-state index in [1.807, 2.05) is 20.0 Å². The van der Waals surface area contributed by atoms with Crippen molar-refractivity contribution in [2.75, 3.05) is 7.05 Å². The first-order chi connectivity index (χ1) is 7.92. The first kappa shape index (κ1) is 16.0. The van der Waals surface area contributed by atoms with Crippen LogP contribution in [0.1, 0.15) is 52.9 Å². The molecule has 0 aromatic carbocycles. The average Bonchev–Trinajstić information content (AvgIpc) is 2.26. The Bertz CT molecular complexity index is 284. The molecule has 3 nitrogen and oxygen atoms in total. The van der Waals surface area contributed by atoms with Crippen molar-refractivity contribution in [3.05, 3.63) is 12.2 Å². The summed E-state index contributed by atoms with van der Waals surface area (Å²) in [5.74, 6) is 0.412. The van der Waals surface area contributed by atoms with Crippen LogP contribution in [0.15, 0.2) is 12.2 Å². The first-order valence-electron chi connectivity index (χ1n) is 6.27. The van der Waals surface area contributed by atoms with Gasteiger partial charge in [0.2, 0.25) is 0 Å². The Labute approximate surface area is 105 Å². The molecule has 0 heterocycles. The second-order valence-electron chi connectivity index (χ2n) is 4.74. The summed E-state index contributed by atoms with van der Waals surface area (Å²) >= 11 is 0. The van der Waals surface area contributed by atoms with E-state index in [2.05, 4.69) is 11.4 Å². The molecule has 1 N–H and O–H groups in total. The van der Waals surface area contributed by atoms with Gasteiger partial charge in [-0.3, -0.25) is 4.79 Å². The van der Waals surface area contributed by atoms with Crippen LogP contribution >= 0.6 is 0 Å². The number of likely N-dealkylation sites (N-methyl/N-ethyl adjacent to an activating group) is 1. The molecule has 0 saturated carbocycles. The smallest absolute Gasteiger partial charge is 0.149 e. The van der Waals surface area contributed by atoms with Gasteiger partial charge in [-0.1, -0.05) is 12.2 Å². The molecule has 0 aromatic rings. The van der Waals surface area contributed by atoms with Crippen LogP contribution in [0.25, 0.3) is 0 Å². The van der Waals surface area contributed by atoms with Crippen molar-refractivity contribution in [2.45, 2.75) is 58.4 Å². The van der Waals surface area contributed by atoms with Crippen LogP contribution in [0.2, 0.25) is 0 Å². The van der Waals surface area contributed by atoms with Crippen molar-refractivity contribution >= 4 is 11.6 Å². The number of hydrogen-bond acceptors (Lipinski definition) is 3. The molecule has 0 unspecified atom stereocenters. The predicted octanol–water partition coefficient (Wildman–Crippen LogP) is 2.65. The minimum atomic E-state index is -0.396. The van der Waals surface area contributed by atoms with Crippen LogP contribution in [0.3, 0.4) is 0 Å². The SMILES string of the molecule is CN[C@](C)(CCCC=CCCC(C)=O)C(C)=O. The van der Waals surface area contributed by atoms with E-state index in [0.29, 0.717) is 6.42 Å². The van der Waals surface area contributed by atoms with Crippen molar-refractivity contribution in [3.63, 3.8) is 0 Å². The number of ketones is 2. The first-order valence-corrected chi connectivity index (χ1v) is 6.27. The summed E-state index contributed by atoms with van der Waals surface area (Å²) in [6, 6.07) is 0.